The molecule has 0 amide bonds. The third-order valence-corrected chi connectivity index (χ3v) is 5.81. The van der Waals surface area contributed by atoms with Crippen LogP contribution in [0.3, 0.4) is 0 Å². The van der Waals surface area contributed by atoms with Gasteiger partial charge in [0.2, 0.25) is 0 Å². The summed E-state index contributed by atoms with van der Waals surface area (Å²) < 4.78 is 7.97. The second kappa shape index (κ2) is 8.24. The maximum Gasteiger partial charge on any atom is 0.161 e. The predicted molar refractivity (Wildman–Crippen MR) is 118 cm³/mol. The van der Waals surface area contributed by atoms with E-state index in [0.29, 0.717) is 6.04 Å². The van der Waals surface area contributed by atoms with E-state index < -0.39 is 0 Å². The Balaban J connectivity index is 1.44. The fourth-order valence-corrected chi connectivity index (χ4v) is 4.28. The van der Waals surface area contributed by atoms with E-state index in [1.165, 1.54) is 19.4 Å². The summed E-state index contributed by atoms with van der Waals surface area (Å²) in [6, 6.07) is 18.4. The van der Waals surface area contributed by atoms with Gasteiger partial charge in [0.1, 0.15) is 23.5 Å². The van der Waals surface area contributed by atoms with E-state index in [0.717, 1.165) is 46.9 Å². The number of aromatic nitrogens is 4. The standard InChI is InChI=1S/C24H25N5O/c1-2-28-14-6-7-19(28)16-29-24-22(15-25-17-26-24)23(27-29)18-10-12-21(13-11-18)30-20-8-4-3-5-9-20/h3-5,8-13,15,17,19H,2,6-7,14,16H2,1H3. The first-order valence-corrected chi connectivity index (χ1v) is 10.6. The zero-order valence-corrected chi connectivity index (χ0v) is 17.1. The second-order valence-electron chi connectivity index (χ2n) is 7.65. The molecule has 3 heterocycles. The Morgan fingerprint density at radius 2 is 1.83 bits per heavy atom. The molecule has 1 aliphatic rings. The largest absolute Gasteiger partial charge is 0.457 e. The van der Waals surface area contributed by atoms with Crippen molar-refractivity contribution >= 4 is 11.0 Å². The van der Waals surface area contributed by atoms with Crippen LogP contribution in [0, 0.1) is 0 Å². The number of hydrogen-bond donors (Lipinski definition) is 0. The van der Waals surface area contributed by atoms with Gasteiger partial charge in [0.15, 0.2) is 5.65 Å². The lowest BCUT2D eigenvalue weighted by Gasteiger charge is -2.22. The molecular formula is C24H25N5O. The van der Waals surface area contributed by atoms with Gasteiger partial charge in [-0.3, -0.25) is 4.90 Å². The average molecular weight is 399 g/mol. The number of likely N-dealkylation sites (N-methyl/N-ethyl adjacent to an activating group) is 1. The molecule has 1 fully saturated rings. The first kappa shape index (κ1) is 18.8. The Bertz CT molecular complexity index is 1120. The van der Waals surface area contributed by atoms with Crippen LogP contribution < -0.4 is 4.74 Å². The Labute approximate surface area is 176 Å². The van der Waals surface area contributed by atoms with Crippen molar-refractivity contribution in [2.24, 2.45) is 0 Å². The first-order valence-electron chi connectivity index (χ1n) is 10.6. The molecule has 30 heavy (non-hydrogen) atoms. The molecular weight excluding hydrogens is 374 g/mol. The molecule has 1 unspecified atom stereocenters. The summed E-state index contributed by atoms with van der Waals surface area (Å²) in [5.41, 5.74) is 2.85. The van der Waals surface area contributed by atoms with Crippen molar-refractivity contribution in [3.63, 3.8) is 0 Å². The number of fused-ring (bicyclic) bond motifs is 1. The molecule has 0 aliphatic carbocycles. The SMILES string of the molecule is CCN1CCCC1Cn1nc(-c2ccc(Oc3ccccc3)cc2)c2cncnc21. The zero-order chi connectivity index (χ0) is 20.3. The third-order valence-electron chi connectivity index (χ3n) is 5.81. The van der Waals surface area contributed by atoms with E-state index in [4.69, 9.17) is 9.84 Å². The van der Waals surface area contributed by atoms with Gasteiger partial charge in [0, 0.05) is 17.8 Å². The van der Waals surface area contributed by atoms with Crippen LogP contribution in [0.2, 0.25) is 0 Å². The predicted octanol–water partition coefficient (Wildman–Crippen LogP) is 4.77. The average Bonchev–Trinajstić information content (AvgIpc) is 3.40. The van der Waals surface area contributed by atoms with Crippen LogP contribution >= 0.6 is 0 Å². The van der Waals surface area contributed by atoms with Crippen LogP contribution in [0.25, 0.3) is 22.3 Å². The van der Waals surface area contributed by atoms with Gasteiger partial charge in [0.05, 0.1) is 11.9 Å². The molecule has 0 radical (unpaired) electrons. The second-order valence-corrected chi connectivity index (χ2v) is 7.65. The van der Waals surface area contributed by atoms with E-state index in [1.54, 1.807) is 6.33 Å². The van der Waals surface area contributed by atoms with Crippen molar-refractivity contribution in [3.05, 3.63) is 67.1 Å². The minimum Gasteiger partial charge on any atom is -0.457 e. The summed E-state index contributed by atoms with van der Waals surface area (Å²) in [6.45, 7) is 5.34. The Morgan fingerprint density at radius 3 is 2.63 bits per heavy atom. The smallest absolute Gasteiger partial charge is 0.161 e. The van der Waals surface area contributed by atoms with Crippen LogP contribution in [-0.2, 0) is 6.54 Å². The molecule has 152 valence electrons. The summed E-state index contributed by atoms with van der Waals surface area (Å²) in [7, 11) is 0. The fraction of sp³-hybridized carbons (Fsp3) is 0.292. The Kier molecular flexibility index (Phi) is 5.15. The number of likely N-dealkylation sites (tertiary alicyclic amines) is 1. The number of rotatable bonds is 6. The Morgan fingerprint density at radius 1 is 1.03 bits per heavy atom. The van der Waals surface area contributed by atoms with Crippen molar-refractivity contribution in [1.82, 2.24) is 24.6 Å². The van der Waals surface area contributed by atoms with E-state index in [1.807, 2.05) is 60.8 Å². The van der Waals surface area contributed by atoms with Crippen LogP contribution in [-0.4, -0.2) is 43.8 Å². The van der Waals surface area contributed by atoms with Crippen molar-refractivity contribution in [2.75, 3.05) is 13.1 Å². The maximum absolute atomic E-state index is 5.92. The summed E-state index contributed by atoms with van der Waals surface area (Å²) in [6.07, 6.45) is 5.93. The monoisotopic (exact) mass is 399 g/mol. The molecule has 2 aromatic heterocycles. The lowest BCUT2D eigenvalue weighted by Crippen LogP contribution is -2.33. The highest BCUT2D eigenvalue weighted by atomic mass is 16.5. The molecule has 1 aliphatic heterocycles. The molecule has 0 bridgehead atoms. The van der Waals surface area contributed by atoms with Crippen molar-refractivity contribution < 1.29 is 4.74 Å². The van der Waals surface area contributed by atoms with E-state index in [2.05, 4.69) is 26.5 Å². The zero-order valence-electron chi connectivity index (χ0n) is 17.1. The lowest BCUT2D eigenvalue weighted by molar-refractivity contribution is 0.240. The molecule has 0 saturated carbocycles. The van der Waals surface area contributed by atoms with Crippen molar-refractivity contribution in [1.29, 1.82) is 0 Å². The highest BCUT2D eigenvalue weighted by molar-refractivity contribution is 5.90. The molecule has 0 N–H and O–H groups in total. The van der Waals surface area contributed by atoms with Crippen molar-refractivity contribution in [3.8, 4) is 22.8 Å². The molecule has 6 heteroatoms. The van der Waals surface area contributed by atoms with Crippen molar-refractivity contribution in [2.45, 2.75) is 32.4 Å². The minimum atomic E-state index is 0.516. The molecule has 2 aromatic carbocycles. The number of hydrogen-bond acceptors (Lipinski definition) is 5. The van der Waals surface area contributed by atoms with Gasteiger partial charge >= 0.3 is 0 Å². The van der Waals surface area contributed by atoms with E-state index in [9.17, 15) is 0 Å². The van der Waals surface area contributed by atoms with Gasteiger partial charge in [0.25, 0.3) is 0 Å². The number of ether oxygens (including phenoxy) is 1. The van der Waals surface area contributed by atoms with Crippen LogP contribution in [0.15, 0.2) is 67.1 Å². The molecule has 0 spiro atoms. The normalized spacial score (nSPS) is 16.9. The maximum atomic E-state index is 5.92. The lowest BCUT2D eigenvalue weighted by atomic mass is 10.1. The molecule has 4 aromatic rings. The van der Waals surface area contributed by atoms with Crippen LogP contribution in [0.1, 0.15) is 19.8 Å². The van der Waals surface area contributed by atoms with Gasteiger partial charge in [-0.25, -0.2) is 14.6 Å². The summed E-state index contributed by atoms with van der Waals surface area (Å²) in [4.78, 5) is 11.3. The first-order chi connectivity index (χ1) is 14.8. The van der Waals surface area contributed by atoms with Crippen LogP contribution in [0.5, 0.6) is 11.5 Å². The minimum absolute atomic E-state index is 0.516. The summed E-state index contributed by atoms with van der Waals surface area (Å²) in [5, 5.41) is 5.93. The highest BCUT2D eigenvalue weighted by Gasteiger charge is 2.25. The highest BCUT2D eigenvalue weighted by Crippen LogP contribution is 2.30. The van der Waals surface area contributed by atoms with Gasteiger partial charge in [-0.2, -0.15) is 5.10 Å². The molecule has 1 saturated heterocycles. The fourth-order valence-electron chi connectivity index (χ4n) is 4.28. The van der Waals surface area contributed by atoms with Gasteiger partial charge in [-0.15, -0.1) is 0 Å². The molecule has 5 rings (SSSR count). The summed E-state index contributed by atoms with van der Waals surface area (Å²) >= 11 is 0. The van der Waals surface area contributed by atoms with Gasteiger partial charge in [-0.1, -0.05) is 25.1 Å². The van der Waals surface area contributed by atoms with Gasteiger partial charge in [-0.05, 0) is 62.3 Å². The van der Waals surface area contributed by atoms with Gasteiger partial charge < -0.3 is 4.74 Å². The number of benzene rings is 2. The van der Waals surface area contributed by atoms with E-state index >= 15 is 0 Å². The molecule has 1 atom stereocenters. The summed E-state index contributed by atoms with van der Waals surface area (Å²) in [5.74, 6) is 1.62. The topological polar surface area (TPSA) is 56.1 Å². The Hall–Kier alpha value is -3.25. The number of para-hydroxylation sites is 1. The molecule has 6 nitrogen and oxygen atoms in total. The number of nitrogens with zero attached hydrogens (tertiary/aromatic N) is 5. The quantitative estimate of drug-likeness (QED) is 0.467. The van der Waals surface area contributed by atoms with E-state index in [-0.39, 0.29) is 0 Å². The third kappa shape index (κ3) is 3.66. The van der Waals surface area contributed by atoms with Crippen LogP contribution in [0.4, 0.5) is 0 Å².